The number of anilines is 1. The van der Waals surface area contributed by atoms with Gasteiger partial charge in [0.05, 0.1) is 18.3 Å². The van der Waals surface area contributed by atoms with Crippen molar-refractivity contribution >= 4 is 22.9 Å². The Labute approximate surface area is 160 Å². The zero-order valence-corrected chi connectivity index (χ0v) is 15.5. The van der Waals surface area contributed by atoms with Crippen molar-refractivity contribution in [3.8, 4) is 22.8 Å². The van der Waals surface area contributed by atoms with E-state index in [2.05, 4.69) is 25.4 Å². The van der Waals surface area contributed by atoms with E-state index in [1.165, 1.54) is 24.3 Å². The zero-order valence-electron chi connectivity index (χ0n) is 15.5. The van der Waals surface area contributed by atoms with Crippen LogP contribution in [0.1, 0.15) is 12.5 Å². The highest BCUT2D eigenvalue weighted by atomic mass is 16.5. The summed E-state index contributed by atoms with van der Waals surface area (Å²) in [4.78, 5) is 28.9. The molecule has 1 amide bonds. The van der Waals surface area contributed by atoms with Crippen LogP contribution in [0.2, 0.25) is 0 Å². The number of hydrogen-bond acceptors (Lipinski definition) is 7. The smallest absolute Gasteiger partial charge is 0.232 e. The van der Waals surface area contributed by atoms with Crippen LogP contribution in [0, 0.1) is 6.92 Å². The first-order valence-electron chi connectivity index (χ1n) is 8.51. The second kappa shape index (κ2) is 7.03. The summed E-state index contributed by atoms with van der Waals surface area (Å²) in [7, 11) is 1.64. The molecule has 9 nitrogen and oxygen atoms in total. The maximum atomic E-state index is 11.4. The number of aryl methyl sites for hydroxylation is 1. The molecule has 0 saturated heterocycles. The van der Waals surface area contributed by atoms with E-state index in [1.807, 2.05) is 37.3 Å². The lowest BCUT2D eigenvalue weighted by atomic mass is 10.1. The number of hydrogen-bond donors (Lipinski definition) is 1. The minimum absolute atomic E-state index is 0.181. The second-order valence-corrected chi connectivity index (χ2v) is 6.14. The molecule has 0 aliphatic heterocycles. The third-order valence-corrected chi connectivity index (χ3v) is 4.14. The van der Waals surface area contributed by atoms with Crippen LogP contribution in [0.4, 0.5) is 5.95 Å². The third kappa shape index (κ3) is 3.25. The van der Waals surface area contributed by atoms with E-state index in [0.29, 0.717) is 16.9 Å². The largest absolute Gasteiger partial charge is 0.496 e. The van der Waals surface area contributed by atoms with Gasteiger partial charge in [0.25, 0.3) is 0 Å². The van der Waals surface area contributed by atoms with Gasteiger partial charge in [-0.2, -0.15) is 10.1 Å². The van der Waals surface area contributed by atoms with Gasteiger partial charge in [0, 0.05) is 12.5 Å². The standard InChI is InChI=1S/C19H17N7O2/c1-11-8-13(4-7-16(11)28-3)14-5-6-15-17(23-14)18(26-10-20-9-21-26)25-19(24-15)22-12(2)27/h4-10H,1-3H3,(H,22,24,25,27). The molecule has 1 N–H and O–H groups in total. The SMILES string of the molecule is COc1ccc(-c2ccc3nc(NC(C)=O)nc(-n4cncn4)c3n2)cc1C. The summed E-state index contributed by atoms with van der Waals surface area (Å²) >= 11 is 0. The van der Waals surface area contributed by atoms with E-state index in [4.69, 9.17) is 9.72 Å². The quantitative estimate of drug-likeness (QED) is 0.584. The number of pyridine rings is 1. The first-order valence-corrected chi connectivity index (χ1v) is 8.51. The highest BCUT2D eigenvalue weighted by molar-refractivity contribution is 5.90. The lowest BCUT2D eigenvalue weighted by Crippen LogP contribution is -2.12. The molecule has 0 unspecified atom stereocenters. The molecule has 0 atom stereocenters. The second-order valence-electron chi connectivity index (χ2n) is 6.14. The number of aromatic nitrogens is 6. The molecule has 0 bridgehead atoms. The Hall–Kier alpha value is -3.88. The van der Waals surface area contributed by atoms with Crippen molar-refractivity contribution in [1.29, 1.82) is 0 Å². The summed E-state index contributed by atoms with van der Waals surface area (Å²) in [5.74, 6) is 1.16. The Kier molecular flexibility index (Phi) is 4.40. The van der Waals surface area contributed by atoms with Gasteiger partial charge >= 0.3 is 0 Å². The molecule has 3 heterocycles. The predicted molar refractivity (Wildman–Crippen MR) is 103 cm³/mol. The number of methoxy groups -OCH3 is 1. The maximum Gasteiger partial charge on any atom is 0.232 e. The summed E-state index contributed by atoms with van der Waals surface area (Å²) < 4.78 is 6.82. The number of benzene rings is 1. The first-order chi connectivity index (χ1) is 13.5. The molecule has 3 aromatic heterocycles. The van der Waals surface area contributed by atoms with Crippen LogP contribution < -0.4 is 10.1 Å². The summed E-state index contributed by atoms with van der Waals surface area (Å²) in [5, 5.41) is 6.74. The highest BCUT2D eigenvalue weighted by Crippen LogP contribution is 2.27. The Balaban J connectivity index is 1.89. The number of rotatable bonds is 4. The van der Waals surface area contributed by atoms with E-state index in [9.17, 15) is 4.79 Å². The van der Waals surface area contributed by atoms with Crippen LogP contribution in [0.3, 0.4) is 0 Å². The summed E-state index contributed by atoms with van der Waals surface area (Å²) in [6, 6.07) is 9.57. The lowest BCUT2D eigenvalue weighted by Gasteiger charge is -2.10. The summed E-state index contributed by atoms with van der Waals surface area (Å²) in [6.07, 6.45) is 2.92. The van der Waals surface area contributed by atoms with Crippen molar-refractivity contribution in [3.05, 3.63) is 48.5 Å². The number of amides is 1. The van der Waals surface area contributed by atoms with E-state index in [-0.39, 0.29) is 11.9 Å². The van der Waals surface area contributed by atoms with Crippen LogP contribution in [-0.2, 0) is 4.79 Å². The van der Waals surface area contributed by atoms with Crippen molar-refractivity contribution in [2.45, 2.75) is 13.8 Å². The fraction of sp³-hybridized carbons (Fsp3) is 0.158. The Morgan fingerprint density at radius 2 is 2.00 bits per heavy atom. The van der Waals surface area contributed by atoms with Gasteiger partial charge in [0.2, 0.25) is 11.9 Å². The lowest BCUT2D eigenvalue weighted by molar-refractivity contribution is -0.114. The average molecular weight is 375 g/mol. The zero-order chi connectivity index (χ0) is 19.7. The Bertz CT molecular complexity index is 1170. The minimum Gasteiger partial charge on any atom is -0.496 e. The molecule has 4 rings (SSSR count). The van der Waals surface area contributed by atoms with Crippen molar-refractivity contribution < 1.29 is 9.53 Å². The van der Waals surface area contributed by atoms with E-state index in [1.54, 1.807) is 7.11 Å². The first kappa shape index (κ1) is 17.5. The molecule has 4 aromatic rings. The van der Waals surface area contributed by atoms with Gasteiger partial charge in [-0.05, 0) is 42.8 Å². The third-order valence-electron chi connectivity index (χ3n) is 4.14. The van der Waals surface area contributed by atoms with Gasteiger partial charge in [-0.15, -0.1) is 0 Å². The molecule has 0 saturated carbocycles. The Morgan fingerprint density at radius 1 is 1.14 bits per heavy atom. The van der Waals surface area contributed by atoms with Gasteiger partial charge in [-0.25, -0.2) is 19.6 Å². The van der Waals surface area contributed by atoms with Gasteiger partial charge in [-0.3, -0.25) is 10.1 Å². The van der Waals surface area contributed by atoms with Crippen molar-refractivity contribution in [2.24, 2.45) is 0 Å². The predicted octanol–water partition coefficient (Wildman–Crippen LogP) is 2.55. The molecule has 0 aliphatic rings. The minimum atomic E-state index is -0.262. The van der Waals surface area contributed by atoms with Crippen LogP contribution in [0.15, 0.2) is 43.0 Å². The van der Waals surface area contributed by atoms with Crippen LogP contribution >= 0.6 is 0 Å². The van der Waals surface area contributed by atoms with Crippen LogP contribution in [0.5, 0.6) is 5.75 Å². The van der Waals surface area contributed by atoms with Crippen molar-refractivity contribution in [3.63, 3.8) is 0 Å². The van der Waals surface area contributed by atoms with Gasteiger partial charge in [0.15, 0.2) is 5.82 Å². The fourth-order valence-electron chi connectivity index (χ4n) is 2.89. The highest BCUT2D eigenvalue weighted by Gasteiger charge is 2.14. The van der Waals surface area contributed by atoms with Crippen molar-refractivity contribution in [1.82, 2.24) is 29.7 Å². The number of ether oxygens (including phenoxy) is 1. The molecule has 0 spiro atoms. The van der Waals surface area contributed by atoms with Gasteiger partial charge < -0.3 is 4.74 Å². The normalized spacial score (nSPS) is 10.8. The molecule has 140 valence electrons. The van der Waals surface area contributed by atoms with E-state index in [0.717, 1.165) is 22.6 Å². The van der Waals surface area contributed by atoms with Gasteiger partial charge in [0.1, 0.15) is 23.9 Å². The summed E-state index contributed by atoms with van der Waals surface area (Å²) in [5.41, 5.74) is 3.84. The summed E-state index contributed by atoms with van der Waals surface area (Å²) in [6.45, 7) is 3.38. The number of nitrogens with zero attached hydrogens (tertiary/aromatic N) is 6. The Morgan fingerprint density at radius 3 is 2.68 bits per heavy atom. The molecule has 1 aromatic carbocycles. The molecular formula is C19H17N7O2. The van der Waals surface area contributed by atoms with E-state index < -0.39 is 0 Å². The topological polar surface area (TPSA) is 108 Å². The number of carbonyl (C=O) groups excluding carboxylic acids is 1. The molecule has 0 fully saturated rings. The number of fused-ring (bicyclic) bond motifs is 1. The van der Waals surface area contributed by atoms with Gasteiger partial charge in [-0.1, -0.05) is 0 Å². The van der Waals surface area contributed by atoms with E-state index >= 15 is 0 Å². The van der Waals surface area contributed by atoms with Crippen LogP contribution in [0.25, 0.3) is 28.1 Å². The molecular weight excluding hydrogens is 358 g/mol. The molecule has 9 heteroatoms. The number of nitrogens with one attached hydrogen (secondary N) is 1. The maximum absolute atomic E-state index is 11.4. The molecule has 0 aliphatic carbocycles. The number of carbonyl (C=O) groups is 1. The van der Waals surface area contributed by atoms with Crippen LogP contribution in [-0.4, -0.2) is 42.7 Å². The molecule has 28 heavy (non-hydrogen) atoms. The van der Waals surface area contributed by atoms with Crippen molar-refractivity contribution in [2.75, 3.05) is 12.4 Å². The monoisotopic (exact) mass is 375 g/mol. The molecule has 0 radical (unpaired) electrons. The average Bonchev–Trinajstić information content (AvgIpc) is 3.21. The fourth-order valence-corrected chi connectivity index (χ4v) is 2.89.